The fraction of sp³-hybridized carbons (Fsp3) is 0.458. The topological polar surface area (TPSA) is 133 Å². The highest BCUT2D eigenvalue weighted by Gasteiger charge is 2.32. The molecule has 37 heavy (non-hydrogen) atoms. The van der Waals surface area contributed by atoms with Crippen molar-refractivity contribution < 1.29 is 31.5 Å². The lowest BCUT2D eigenvalue weighted by Gasteiger charge is -2.33. The number of aliphatic hydroxyl groups excluding tert-OH is 1. The lowest BCUT2D eigenvalue weighted by atomic mass is 10.0. The first kappa shape index (κ1) is 29.2. The minimum atomic E-state index is -3.92. The van der Waals surface area contributed by atoms with Gasteiger partial charge in [-0.05, 0) is 49.4 Å². The number of nitrogens with zero attached hydrogens (tertiary/aromatic N) is 2. The third-order valence-corrected chi connectivity index (χ3v) is 9.23. The second kappa shape index (κ2) is 11.6. The van der Waals surface area contributed by atoms with Crippen molar-refractivity contribution in [1.82, 2.24) is 9.21 Å². The number of rotatable bonds is 8. The number of aliphatic hydroxyl groups is 1. The molecule has 10 nitrogen and oxygen atoms in total. The zero-order chi connectivity index (χ0) is 27.5. The fourth-order valence-corrected chi connectivity index (χ4v) is 5.52. The van der Waals surface area contributed by atoms with E-state index in [9.17, 15) is 26.7 Å². The van der Waals surface area contributed by atoms with Crippen LogP contribution in [0.4, 0.5) is 5.69 Å². The summed E-state index contributed by atoms with van der Waals surface area (Å²) in [6.07, 6.45) is 0.385. The number of anilines is 1. The monoisotopic (exact) mass is 573 g/mol. The minimum absolute atomic E-state index is 0.0217. The highest BCUT2D eigenvalue weighted by molar-refractivity contribution is 7.92. The molecule has 2 N–H and O–H groups in total. The molecule has 0 bridgehead atoms. The molecule has 3 atom stereocenters. The van der Waals surface area contributed by atoms with Gasteiger partial charge in [0.05, 0.1) is 36.8 Å². The predicted molar refractivity (Wildman–Crippen MR) is 142 cm³/mol. The molecule has 1 heterocycles. The molecular formula is C24H32ClN3O7S2. The number of carbonyl (C=O) groups is 1. The summed E-state index contributed by atoms with van der Waals surface area (Å²) in [4.78, 5) is 14.8. The molecule has 0 spiro atoms. The number of nitrogens with one attached hydrogen (secondary N) is 1. The summed E-state index contributed by atoms with van der Waals surface area (Å²) in [6.45, 7) is 3.61. The second-order valence-corrected chi connectivity index (χ2v) is 13.5. The molecule has 1 aliphatic rings. The summed E-state index contributed by atoms with van der Waals surface area (Å²) in [6, 6.07) is 9.84. The van der Waals surface area contributed by atoms with Gasteiger partial charge in [0.25, 0.3) is 10.0 Å². The quantitative estimate of drug-likeness (QED) is 0.494. The molecule has 204 valence electrons. The van der Waals surface area contributed by atoms with E-state index in [2.05, 4.69) is 4.72 Å². The normalized spacial score (nSPS) is 19.9. The maximum atomic E-state index is 13.3. The van der Waals surface area contributed by atoms with Crippen LogP contribution in [0.3, 0.4) is 0 Å². The molecule has 1 amide bonds. The Balaban J connectivity index is 1.99. The number of carbonyl (C=O) groups excluding carboxylic acids is 1. The van der Waals surface area contributed by atoms with Gasteiger partial charge >= 0.3 is 0 Å². The molecule has 13 heteroatoms. The second-order valence-electron chi connectivity index (χ2n) is 9.31. The minimum Gasteiger partial charge on any atom is -0.488 e. The summed E-state index contributed by atoms with van der Waals surface area (Å²) in [5, 5.41) is 10.1. The highest BCUT2D eigenvalue weighted by atomic mass is 35.5. The van der Waals surface area contributed by atoms with Crippen LogP contribution in [0.5, 0.6) is 5.75 Å². The molecule has 0 unspecified atom stereocenters. The summed E-state index contributed by atoms with van der Waals surface area (Å²) in [5.41, 5.74) is 0.654. The van der Waals surface area contributed by atoms with Gasteiger partial charge in [-0.2, -0.15) is 0 Å². The number of benzene rings is 2. The van der Waals surface area contributed by atoms with E-state index in [1.54, 1.807) is 17.9 Å². The SMILES string of the molecule is C[C@@H]1CN([C@@H](C)CO)C(=O)Cc2cc(NS(=O)(=O)c3ccc(Cl)cc3)ccc2O[C@H]1CN(C)S(C)(=O)=O. The Hall–Kier alpha value is -2.38. The number of hydrogen-bond acceptors (Lipinski definition) is 7. The molecule has 1 aliphatic heterocycles. The largest absolute Gasteiger partial charge is 0.488 e. The molecule has 0 saturated heterocycles. The summed E-state index contributed by atoms with van der Waals surface area (Å²) in [7, 11) is -5.96. The third-order valence-electron chi connectivity index (χ3n) is 6.30. The fourth-order valence-electron chi connectivity index (χ4n) is 3.93. The smallest absolute Gasteiger partial charge is 0.261 e. The standard InChI is InChI=1S/C24H32ClN3O7S2/c1-16-13-28(17(2)15-29)24(30)12-18-11-20(26-37(33,34)21-8-5-19(25)6-9-21)7-10-22(18)35-23(16)14-27(3)36(4,31)32/h5-11,16-17,23,26,29H,12-15H2,1-4H3/t16-,17+,23+/m1/s1. The van der Waals surface area contributed by atoms with Gasteiger partial charge in [0.2, 0.25) is 15.9 Å². The number of likely N-dealkylation sites (N-methyl/N-ethyl adjacent to an activating group) is 1. The van der Waals surface area contributed by atoms with Gasteiger partial charge in [-0.3, -0.25) is 9.52 Å². The Morgan fingerprint density at radius 2 is 1.84 bits per heavy atom. The van der Waals surface area contributed by atoms with Crippen molar-refractivity contribution in [1.29, 1.82) is 0 Å². The Kier molecular flexibility index (Phi) is 9.12. The van der Waals surface area contributed by atoms with Crippen LogP contribution in [0.15, 0.2) is 47.4 Å². The Bertz CT molecular complexity index is 1330. The van der Waals surface area contributed by atoms with Crippen LogP contribution in [0.2, 0.25) is 5.02 Å². The molecule has 0 saturated carbocycles. The number of hydrogen-bond donors (Lipinski definition) is 2. The Labute approximate surface area is 223 Å². The van der Waals surface area contributed by atoms with Gasteiger partial charge in [0.1, 0.15) is 11.9 Å². The Morgan fingerprint density at radius 1 is 1.19 bits per heavy atom. The van der Waals surface area contributed by atoms with E-state index in [1.165, 1.54) is 47.8 Å². The van der Waals surface area contributed by atoms with Gasteiger partial charge in [0, 0.05) is 35.8 Å². The van der Waals surface area contributed by atoms with Gasteiger partial charge in [-0.25, -0.2) is 21.1 Å². The van der Waals surface area contributed by atoms with Crippen LogP contribution in [-0.4, -0.2) is 82.2 Å². The molecule has 3 rings (SSSR count). The lowest BCUT2D eigenvalue weighted by molar-refractivity contribution is -0.134. The van der Waals surface area contributed by atoms with Crippen molar-refractivity contribution in [2.24, 2.45) is 5.92 Å². The molecular weight excluding hydrogens is 542 g/mol. The van der Waals surface area contributed by atoms with E-state index in [1.807, 2.05) is 6.92 Å². The number of ether oxygens (including phenoxy) is 1. The van der Waals surface area contributed by atoms with Gasteiger partial charge in [0.15, 0.2) is 0 Å². The van der Waals surface area contributed by atoms with E-state index in [4.69, 9.17) is 16.3 Å². The predicted octanol–water partition coefficient (Wildman–Crippen LogP) is 2.18. The first-order chi connectivity index (χ1) is 17.2. The van der Waals surface area contributed by atoms with Crippen molar-refractivity contribution in [2.45, 2.75) is 37.3 Å². The van der Waals surface area contributed by atoms with Gasteiger partial charge in [-0.15, -0.1) is 0 Å². The van der Waals surface area contributed by atoms with E-state index < -0.39 is 32.2 Å². The third kappa shape index (κ3) is 7.35. The average Bonchev–Trinajstić information content (AvgIpc) is 2.86. The van der Waals surface area contributed by atoms with Crippen LogP contribution in [0.1, 0.15) is 19.4 Å². The maximum Gasteiger partial charge on any atom is 0.261 e. The van der Waals surface area contributed by atoms with E-state index >= 15 is 0 Å². The summed E-state index contributed by atoms with van der Waals surface area (Å²) in [5.74, 6) is -0.204. The van der Waals surface area contributed by atoms with E-state index in [0.29, 0.717) is 16.3 Å². The van der Waals surface area contributed by atoms with Gasteiger partial charge < -0.3 is 14.7 Å². The maximum absolute atomic E-state index is 13.3. The highest BCUT2D eigenvalue weighted by Crippen LogP contribution is 2.30. The number of amides is 1. The molecule has 0 fully saturated rings. The number of sulfonamides is 2. The number of fused-ring (bicyclic) bond motifs is 1. The van der Waals surface area contributed by atoms with Crippen LogP contribution in [0, 0.1) is 5.92 Å². The molecule has 2 aromatic carbocycles. The van der Waals surface area contributed by atoms with Crippen molar-refractivity contribution >= 4 is 43.2 Å². The van der Waals surface area contributed by atoms with E-state index in [-0.39, 0.29) is 48.5 Å². The van der Waals surface area contributed by atoms with Crippen LogP contribution in [0.25, 0.3) is 0 Å². The zero-order valence-electron chi connectivity index (χ0n) is 21.1. The molecule has 0 aliphatic carbocycles. The molecule has 0 aromatic heterocycles. The average molecular weight is 574 g/mol. The first-order valence-corrected chi connectivity index (χ1v) is 15.3. The number of halogens is 1. The van der Waals surface area contributed by atoms with Crippen LogP contribution < -0.4 is 9.46 Å². The molecule has 2 aromatic rings. The van der Waals surface area contributed by atoms with Crippen LogP contribution in [-0.2, 0) is 31.3 Å². The summed E-state index contributed by atoms with van der Waals surface area (Å²) < 4.78 is 59.8. The van der Waals surface area contributed by atoms with Crippen LogP contribution >= 0.6 is 11.6 Å². The summed E-state index contributed by atoms with van der Waals surface area (Å²) >= 11 is 5.86. The van der Waals surface area contributed by atoms with E-state index in [0.717, 1.165) is 6.26 Å². The van der Waals surface area contributed by atoms with Crippen molar-refractivity contribution in [2.75, 3.05) is 37.7 Å². The first-order valence-electron chi connectivity index (χ1n) is 11.6. The zero-order valence-corrected chi connectivity index (χ0v) is 23.5. The molecule has 0 radical (unpaired) electrons. The van der Waals surface area contributed by atoms with Crippen molar-refractivity contribution in [3.8, 4) is 5.75 Å². The lowest BCUT2D eigenvalue weighted by Crippen LogP contribution is -2.48. The Morgan fingerprint density at radius 3 is 2.43 bits per heavy atom. The van der Waals surface area contributed by atoms with Crippen molar-refractivity contribution in [3.63, 3.8) is 0 Å². The van der Waals surface area contributed by atoms with Crippen molar-refractivity contribution in [3.05, 3.63) is 53.1 Å². The van der Waals surface area contributed by atoms with Gasteiger partial charge in [-0.1, -0.05) is 18.5 Å².